The number of carbonyl (C=O) groups is 1. The summed E-state index contributed by atoms with van der Waals surface area (Å²) in [6.45, 7) is 2.41. The fourth-order valence-corrected chi connectivity index (χ4v) is 4.15. The number of carbonyl (C=O) groups excluding carboxylic acids is 1. The summed E-state index contributed by atoms with van der Waals surface area (Å²) < 4.78 is 34.2. The first kappa shape index (κ1) is 21.5. The van der Waals surface area contributed by atoms with Gasteiger partial charge in [0, 0.05) is 11.6 Å². The second-order valence-electron chi connectivity index (χ2n) is 7.20. The maximum absolute atomic E-state index is 12.7. The van der Waals surface area contributed by atoms with Gasteiger partial charge < -0.3 is 9.73 Å². The maximum atomic E-state index is 12.7. The number of rotatable bonds is 8. The molecule has 2 aromatic carbocycles. The lowest BCUT2D eigenvalue weighted by atomic mass is 10.2. The van der Waals surface area contributed by atoms with Gasteiger partial charge in [-0.3, -0.25) is 4.79 Å². The van der Waals surface area contributed by atoms with Crippen LogP contribution in [0.1, 0.15) is 27.4 Å². The number of sulfonamides is 1. The molecule has 2 heterocycles. The molecule has 8 nitrogen and oxygen atoms in total. The van der Waals surface area contributed by atoms with Gasteiger partial charge in [-0.25, -0.2) is 17.8 Å². The molecule has 0 saturated carbocycles. The molecular weight excluding hydrogens is 428 g/mol. The van der Waals surface area contributed by atoms with Gasteiger partial charge in [0.05, 0.1) is 29.9 Å². The molecule has 0 atom stereocenters. The fraction of sp³-hybridized carbons (Fsp3) is 0.130. The van der Waals surface area contributed by atoms with Crippen molar-refractivity contribution in [3.05, 3.63) is 102 Å². The first-order valence-corrected chi connectivity index (χ1v) is 11.4. The molecule has 0 saturated heterocycles. The SMILES string of the molecule is Cc1cc(NC(=O)c2ccc(S(=O)(=O)NCc3ccco3)cc2)n(Cc2ccccc2)n1. The average Bonchev–Trinajstić information content (AvgIpc) is 3.43. The smallest absolute Gasteiger partial charge is 0.256 e. The molecule has 0 fully saturated rings. The van der Waals surface area contributed by atoms with Crippen molar-refractivity contribution >= 4 is 21.7 Å². The Morgan fingerprint density at radius 2 is 1.78 bits per heavy atom. The van der Waals surface area contributed by atoms with Gasteiger partial charge in [0.25, 0.3) is 5.91 Å². The lowest BCUT2D eigenvalue weighted by molar-refractivity contribution is 0.102. The number of nitrogens with one attached hydrogen (secondary N) is 2. The number of amides is 1. The summed E-state index contributed by atoms with van der Waals surface area (Å²) in [6.07, 6.45) is 1.48. The molecule has 0 radical (unpaired) electrons. The average molecular weight is 451 g/mol. The largest absolute Gasteiger partial charge is 0.468 e. The highest BCUT2D eigenvalue weighted by Gasteiger charge is 2.16. The summed E-state index contributed by atoms with van der Waals surface area (Å²) in [6, 6.07) is 20.7. The first-order chi connectivity index (χ1) is 15.4. The van der Waals surface area contributed by atoms with Crippen molar-refractivity contribution in [3.63, 3.8) is 0 Å². The predicted molar refractivity (Wildman–Crippen MR) is 120 cm³/mol. The Balaban J connectivity index is 1.44. The van der Waals surface area contributed by atoms with E-state index in [2.05, 4.69) is 15.1 Å². The van der Waals surface area contributed by atoms with Crippen LogP contribution in [0.4, 0.5) is 5.82 Å². The summed E-state index contributed by atoms with van der Waals surface area (Å²) in [5.74, 6) is 0.715. The quantitative estimate of drug-likeness (QED) is 0.427. The summed E-state index contributed by atoms with van der Waals surface area (Å²) in [4.78, 5) is 12.8. The van der Waals surface area contributed by atoms with Gasteiger partial charge >= 0.3 is 0 Å². The standard InChI is InChI=1S/C23H22N4O4S/c1-17-14-22(27(26-17)16-18-6-3-2-4-7-18)25-23(28)19-9-11-21(12-10-19)32(29,30)24-15-20-8-5-13-31-20/h2-14,24H,15-16H2,1H3,(H,25,28). The molecule has 32 heavy (non-hydrogen) atoms. The molecule has 9 heteroatoms. The highest BCUT2D eigenvalue weighted by molar-refractivity contribution is 7.89. The van der Waals surface area contributed by atoms with Crippen LogP contribution in [0.3, 0.4) is 0 Å². The summed E-state index contributed by atoms with van der Waals surface area (Å²) >= 11 is 0. The Kier molecular flexibility index (Phi) is 6.20. The van der Waals surface area contributed by atoms with Crippen molar-refractivity contribution in [1.82, 2.24) is 14.5 Å². The van der Waals surface area contributed by atoms with E-state index in [-0.39, 0.29) is 17.3 Å². The molecule has 164 valence electrons. The Labute approximate surface area is 185 Å². The molecule has 2 aromatic heterocycles. The highest BCUT2D eigenvalue weighted by atomic mass is 32.2. The van der Waals surface area contributed by atoms with E-state index in [9.17, 15) is 13.2 Å². The minimum Gasteiger partial charge on any atom is -0.468 e. The molecule has 4 rings (SSSR count). The van der Waals surface area contributed by atoms with Crippen molar-refractivity contribution in [2.75, 3.05) is 5.32 Å². The molecule has 0 aliphatic heterocycles. The number of nitrogens with zero attached hydrogens (tertiary/aromatic N) is 2. The van der Waals surface area contributed by atoms with Crippen molar-refractivity contribution < 1.29 is 17.6 Å². The fourth-order valence-electron chi connectivity index (χ4n) is 3.16. The van der Waals surface area contributed by atoms with E-state index in [1.54, 1.807) is 22.9 Å². The lowest BCUT2D eigenvalue weighted by Crippen LogP contribution is -2.23. The number of furan rings is 1. The molecule has 0 aliphatic carbocycles. The van der Waals surface area contributed by atoms with Gasteiger partial charge in [-0.05, 0) is 48.9 Å². The number of hydrogen-bond acceptors (Lipinski definition) is 5. The monoisotopic (exact) mass is 450 g/mol. The van der Waals surface area contributed by atoms with Crippen molar-refractivity contribution in [2.45, 2.75) is 24.9 Å². The number of aromatic nitrogens is 2. The minimum absolute atomic E-state index is 0.0440. The highest BCUT2D eigenvalue weighted by Crippen LogP contribution is 2.16. The van der Waals surface area contributed by atoms with Gasteiger partial charge in [-0.15, -0.1) is 0 Å². The molecule has 1 amide bonds. The van der Waals surface area contributed by atoms with E-state index < -0.39 is 10.0 Å². The second-order valence-corrected chi connectivity index (χ2v) is 8.96. The van der Waals surface area contributed by atoms with Crippen LogP contribution in [-0.4, -0.2) is 24.1 Å². The van der Waals surface area contributed by atoms with Crippen molar-refractivity contribution in [1.29, 1.82) is 0 Å². The van der Waals surface area contributed by atoms with Gasteiger partial charge in [0.1, 0.15) is 11.6 Å². The summed E-state index contributed by atoms with van der Waals surface area (Å²) in [5.41, 5.74) is 2.17. The van der Waals surface area contributed by atoms with Gasteiger partial charge in [-0.2, -0.15) is 5.10 Å². The Bertz CT molecular complexity index is 1300. The Morgan fingerprint density at radius 1 is 1.03 bits per heavy atom. The zero-order valence-corrected chi connectivity index (χ0v) is 18.2. The normalized spacial score (nSPS) is 11.4. The molecule has 0 unspecified atom stereocenters. The maximum Gasteiger partial charge on any atom is 0.256 e. The Morgan fingerprint density at radius 3 is 2.47 bits per heavy atom. The number of hydrogen-bond donors (Lipinski definition) is 2. The zero-order chi connectivity index (χ0) is 22.6. The third-order valence-corrected chi connectivity index (χ3v) is 6.18. The van der Waals surface area contributed by atoms with Crippen LogP contribution in [0.25, 0.3) is 0 Å². The number of anilines is 1. The van der Waals surface area contributed by atoms with E-state index in [0.29, 0.717) is 23.7 Å². The van der Waals surface area contributed by atoms with E-state index >= 15 is 0 Å². The number of benzene rings is 2. The number of aryl methyl sites for hydroxylation is 1. The molecule has 2 N–H and O–H groups in total. The topological polar surface area (TPSA) is 106 Å². The third-order valence-electron chi connectivity index (χ3n) is 4.76. The van der Waals surface area contributed by atoms with Gasteiger partial charge in [-0.1, -0.05) is 30.3 Å². The molecule has 0 aliphatic rings. The van der Waals surface area contributed by atoms with Crippen LogP contribution in [0, 0.1) is 6.92 Å². The van der Waals surface area contributed by atoms with Crippen LogP contribution in [0.5, 0.6) is 0 Å². The van der Waals surface area contributed by atoms with Crippen LogP contribution in [0.15, 0.2) is 88.4 Å². The van der Waals surface area contributed by atoms with E-state index in [0.717, 1.165) is 11.3 Å². The van der Waals surface area contributed by atoms with E-state index in [1.807, 2.05) is 37.3 Å². The predicted octanol–water partition coefficient (Wildman–Crippen LogP) is 3.56. The van der Waals surface area contributed by atoms with E-state index in [1.165, 1.54) is 30.5 Å². The van der Waals surface area contributed by atoms with Gasteiger partial charge in [0.2, 0.25) is 10.0 Å². The molecular formula is C23H22N4O4S. The van der Waals surface area contributed by atoms with Crippen LogP contribution in [-0.2, 0) is 23.1 Å². The van der Waals surface area contributed by atoms with E-state index in [4.69, 9.17) is 4.42 Å². The van der Waals surface area contributed by atoms with Crippen LogP contribution < -0.4 is 10.0 Å². The van der Waals surface area contributed by atoms with Crippen LogP contribution >= 0.6 is 0 Å². The second kappa shape index (κ2) is 9.21. The lowest BCUT2D eigenvalue weighted by Gasteiger charge is -2.10. The van der Waals surface area contributed by atoms with Crippen molar-refractivity contribution in [2.24, 2.45) is 0 Å². The molecule has 4 aromatic rings. The van der Waals surface area contributed by atoms with Crippen molar-refractivity contribution in [3.8, 4) is 0 Å². The third kappa shape index (κ3) is 5.13. The Hall–Kier alpha value is -3.69. The molecule has 0 bridgehead atoms. The minimum atomic E-state index is -3.73. The summed E-state index contributed by atoms with van der Waals surface area (Å²) in [5, 5.41) is 7.30. The summed E-state index contributed by atoms with van der Waals surface area (Å²) in [7, 11) is -3.73. The molecule has 0 spiro atoms. The van der Waals surface area contributed by atoms with Crippen LogP contribution in [0.2, 0.25) is 0 Å². The zero-order valence-electron chi connectivity index (χ0n) is 17.4. The van der Waals surface area contributed by atoms with Gasteiger partial charge in [0.15, 0.2) is 0 Å². The first-order valence-electron chi connectivity index (χ1n) is 9.92.